The van der Waals surface area contributed by atoms with Crippen molar-refractivity contribution >= 4 is 5.91 Å². The Balaban J connectivity index is 1.95. The van der Waals surface area contributed by atoms with Crippen molar-refractivity contribution in [3.8, 4) is 11.5 Å². The molecule has 0 aromatic heterocycles. The molecule has 0 saturated carbocycles. The van der Waals surface area contributed by atoms with Crippen LogP contribution in [0.15, 0.2) is 18.2 Å². The minimum atomic E-state index is -0.658. The van der Waals surface area contributed by atoms with Crippen LogP contribution in [-0.4, -0.2) is 53.4 Å². The minimum Gasteiger partial charge on any atom is -0.504 e. The maximum absolute atomic E-state index is 12.2. The lowest BCUT2D eigenvalue weighted by molar-refractivity contribution is -0.131. The van der Waals surface area contributed by atoms with Gasteiger partial charge in [-0.3, -0.25) is 4.79 Å². The number of likely N-dealkylation sites (tertiary alicyclic amines) is 1. The molecule has 1 fully saturated rings. The van der Waals surface area contributed by atoms with Crippen LogP contribution in [0.2, 0.25) is 0 Å². The number of rotatable bonds is 4. The van der Waals surface area contributed by atoms with Crippen molar-refractivity contribution in [3.05, 3.63) is 23.8 Å². The normalized spacial score (nSPS) is 20.1. The minimum absolute atomic E-state index is 0.0869. The number of carbonyl (C=O) groups excluding carboxylic acids is 1. The van der Waals surface area contributed by atoms with Gasteiger partial charge >= 0.3 is 0 Å². The number of hydrogen-bond donors (Lipinski definition) is 3. The number of benzene rings is 1. The number of amides is 1. The van der Waals surface area contributed by atoms with E-state index < -0.39 is 6.04 Å². The summed E-state index contributed by atoms with van der Waals surface area (Å²) in [5.41, 5.74) is 6.64. The van der Waals surface area contributed by atoms with E-state index in [0.717, 1.165) is 6.42 Å². The van der Waals surface area contributed by atoms with Crippen LogP contribution in [0, 0.1) is 0 Å². The number of carbonyl (C=O) groups is 1. The molecule has 2 rings (SSSR count). The van der Waals surface area contributed by atoms with Crippen molar-refractivity contribution in [3.63, 3.8) is 0 Å². The first-order valence-corrected chi connectivity index (χ1v) is 6.59. The van der Waals surface area contributed by atoms with Gasteiger partial charge in [0.25, 0.3) is 0 Å². The van der Waals surface area contributed by atoms with Crippen molar-refractivity contribution in [2.24, 2.45) is 5.73 Å². The van der Waals surface area contributed by atoms with Crippen LogP contribution in [0.4, 0.5) is 0 Å². The fraction of sp³-hybridized carbons (Fsp3) is 0.500. The van der Waals surface area contributed by atoms with E-state index in [1.54, 1.807) is 18.1 Å². The van der Waals surface area contributed by atoms with Gasteiger partial charge in [0.2, 0.25) is 5.91 Å². The van der Waals surface area contributed by atoms with E-state index in [4.69, 9.17) is 10.5 Å². The molecule has 1 aliphatic rings. The lowest BCUT2D eigenvalue weighted by Crippen LogP contribution is -2.44. The number of aromatic hydroxyl groups is 2. The standard InChI is InChI=1S/C14H20N2O4/c1-20-10-4-5-16(8-10)14(19)11(15)6-9-2-3-12(17)13(18)7-9/h2-3,7,10-11,17-18H,4-6,8,15H2,1H3/t10?,11-/m0/s1. The molecule has 2 atom stereocenters. The molecule has 1 amide bonds. The molecule has 1 saturated heterocycles. The van der Waals surface area contributed by atoms with E-state index in [9.17, 15) is 15.0 Å². The predicted molar refractivity (Wildman–Crippen MR) is 73.4 cm³/mol. The Morgan fingerprint density at radius 1 is 1.50 bits per heavy atom. The van der Waals surface area contributed by atoms with Crippen molar-refractivity contribution in [2.45, 2.75) is 25.0 Å². The fourth-order valence-corrected chi connectivity index (χ4v) is 2.39. The first kappa shape index (κ1) is 14.6. The van der Waals surface area contributed by atoms with E-state index in [-0.39, 0.29) is 23.5 Å². The van der Waals surface area contributed by atoms with Crippen molar-refractivity contribution in [1.82, 2.24) is 4.90 Å². The highest BCUT2D eigenvalue weighted by atomic mass is 16.5. The number of ether oxygens (including phenoxy) is 1. The lowest BCUT2D eigenvalue weighted by atomic mass is 10.0. The van der Waals surface area contributed by atoms with Crippen LogP contribution >= 0.6 is 0 Å². The molecule has 6 nitrogen and oxygen atoms in total. The highest BCUT2D eigenvalue weighted by molar-refractivity contribution is 5.82. The van der Waals surface area contributed by atoms with Crippen LogP contribution in [0.25, 0.3) is 0 Å². The number of phenols is 2. The van der Waals surface area contributed by atoms with Crippen molar-refractivity contribution < 1.29 is 19.7 Å². The maximum atomic E-state index is 12.2. The molecule has 1 unspecified atom stereocenters. The molecule has 1 aliphatic heterocycles. The number of methoxy groups -OCH3 is 1. The molecule has 0 radical (unpaired) electrons. The zero-order valence-corrected chi connectivity index (χ0v) is 11.5. The highest BCUT2D eigenvalue weighted by Gasteiger charge is 2.29. The second-order valence-electron chi connectivity index (χ2n) is 5.06. The Bertz CT molecular complexity index is 492. The van der Waals surface area contributed by atoms with E-state index in [0.29, 0.717) is 25.1 Å². The monoisotopic (exact) mass is 280 g/mol. The summed E-state index contributed by atoms with van der Waals surface area (Å²) in [6.45, 7) is 1.23. The second-order valence-corrected chi connectivity index (χ2v) is 5.06. The highest BCUT2D eigenvalue weighted by Crippen LogP contribution is 2.25. The summed E-state index contributed by atoms with van der Waals surface area (Å²) in [5, 5.41) is 18.7. The maximum Gasteiger partial charge on any atom is 0.239 e. The van der Waals surface area contributed by atoms with Crippen molar-refractivity contribution in [1.29, 1.82) is 0 Å². The van der Waals surface area contributed by atoms with Gasteiger partial charge in [0.15, 0.2) is 11.5 Å². The summed E-state index contributed by atoms with van der Waals surface area (Å²) >= 11 is 0. The first-order valence-electron chi connectivity index (χ1n) is 6.59. The number of nitrogens with zero attached hydrogens (tertiary/aromatic N) is 1. The topological polar surface area (TPSA) is 96.0 Å². The van der Waals surface area contributed by atoms with Gasteiger partial charge in [-0.1, -0.05) is 6.07 Å². The largest absolute Gasteiger partial charge is 0.504 e. The Hall–Kier alpha value is -1.79. The average Bonchev–Trinajstić information content (AvgIpc) is 2.91. The SMILES string of the molecule is COC1CCN(C(=O)[C@@H](N)Cc2ccc(O)c(O)c2)C1. The third kappa shape index (κ3) is 3.20. The molecule has 1 heterocycles. The summed E-state index contributed by atoms with van der Waals surface area (Å²) in [6, 6.07) is 3.79. The van der Waals surface area contributed by atoms with Gasteiger partial charge in [-0.15, -0.1) is 0 Å². The number of nitrogens with two attached hydrogens (primary N) is 1. The van der Waals surface area contributed by atoms with E-state index in [2.05, 4.69) is 0 Å². The Morgan fingerprint density at radius 3 is 2.85 bits per heavy atom. The molecule has 4 N–H and O–H groups in total. The smallest absolute Gasteiger partial charge is 0.239 e. The van der Waals surface area contributed by atoms with Crippen LogP contribution in [0.1, 0.15) is 12.0 Å². The van der Waals surface area contributed by atoms with E-state index >= 15 is 0 Å². The molecule has 0 spiro atoms. The van der Waals surface area contributed by atoms with Crippen LogP contribution in [0.5, 0.6) is 11.5 Å². The Morgan fingerprint density at radius 2 is 2.25 bits per heavy atom. The molecular weight excluding hydrogens is 260 g/mol. The Labute approximate surface area is 117 Å². The van der Waals surface area contributed by atoms with Crippen LogP contribution in [0.3, 0.4) is 0 Å². The summed E-state index contributed by atoms with van der Waals surface area (Å²) in [4.78, 5) is 13.9. The molecule has 0 bridgehead atoms. The predicted octanol–water partition coefficient (Wildman–Crippen LogP) is 0.215. The van der Waals surface area contributed by atoms with E-state index in [1.165, 1.54) is 12.1 Å². The van der Waals surface area contributed by atoms with Gasteiger partial charge in [-0.05, 0) is 30.5 Å². The van der Waals surface area contributed by atoms with Crippen molar-refractivity contribution in [2.75, 3.05) is 20.2 Å². The lowest BCUT2D eigenvalue weighted by Gasteiger charge is -2.20. The van der Waals surface area contributed by atoms with Gasteiger partial charge in [0, 0.05) is 20.2 Å². The second kappa shape index (κ2) is 6.11. The third-order valence-corrected chi connectivity index (χ3v) is 3.60. The first-order chi connectivity index (χ1) is 9.51. The zero-order valence-electron chi connectivity index (χ0n) is 11.5. The molecule has 1 aromatic carbocycles. The van der Waals surface area contributed by atoms with Gasteiger partial charge in [-0.2, -0.15) is 0 Å². The van der Waals surface area contributed by atoms with E-state index in [1.807, 2.05) is 0 Å². The molecule has 1 aromatic rings. The molecule has 6 heteroatoms. The summed E-state index contributed by atoms with van der Waals surface area (Å²) in [6.07, 6.45) is 1.24. The zero-order chi connectivity index (χ0) is 14.7. The molecule has 20 heavy (non-hydrogen) atoms. The quantitative estimate of drug-likeness (QED) is 0.685. The third-order valence-electron chi connectivity index (χ3n) is 3.60. The van der Waals surface area contributed by atoms with Gasteiger partial charge in [-0.25, -0.2) is 0 Å². The Kier molecular flexibility index (Phi) is 4.46. The van der Waals surface area contributed by atoms with Gasteiger partial charge in [0.05, 0.1) is 12.1 Å². The average molecular weight is 280 g/mol. The molecular formula is C14H20N2O4. The molecule has 0 aliphatic carbocycles. The fourth-order valence-electron chi connectivity index (χ4n) is 2.39. The summed E-state index contributed by atoms with van der Waals surface area (Å²) < 4.78 is 5.22. The van der Waals surface area contributed by atoms with Gasteiger partial charge in [0.1, 0.15) is 0 Å². The summed E-state index contributed by atoms with van der Waals surface area (Å²) in [7, 11) is 1.64. The number of phenolic OH excluding ortho intramolecular Hbond substituents is 2. The van der Waals surface area contributed by atoms with Crippen LogP contribution < -0.4 is 5.73 Å². The van der Waals surface area contributed by atoms with Gasteiger partial charge < -0.3 is 25.6 Å². The number of hydrogen-bond acceptors (Lipinski definition) is 5. The van der Waals surface area contributed by atoms with Crippen LogP contribution in [-0.2, 0) is 16.0 Å². The molecule has 110 valence electrons. The summed E-state index contributed by atoms with van der Waals surface area (Å²) in [5.74, 6) is -0.504.